The summed E-state index contributed by atoms with van der Waals surface area (Å²) < 4.78 is 59.4. The van der Waals surface area contributed by atoms with Gasteiger partial charge in [0, 0.05) is 30.8 Å². The summed E-state index contributed by atoms with van der Waals surface area (Å²) in [4.78, 5) is 23.7. The number of likely N-dealkylation sites (N-methyl/N-ethyl adjacent to an activating group) is 1. The summed E-state index contributed by atoms with van der Waals surface area (Å²) in [7, 11) is 2.21. The van der Waals surface area contributed by atoms with Crippen LogP contribution in [0.3, 0.4) is 0 Å². The predicted molar refractivity (Wildman–Crippen MR) is 110 cm³/mol. The van der Waals surface area contributed by atoms with Crippen LogP contribution >= 0.6 is 0 Å². The first-order chi connectivity index (χ1) is 16.3. The summed E-state index contributed by atoms with van der Waals surface area (Å²) >= 11 is 0. The molecule has 0 fully saturated rings. The average Bonchev–Trinajstić information content (AvgIpc) is 2.79. The summed E-state index contributed by atoms with van der Waals surface area (Å²) in [5.41, 5.74) is -2.40. The molecule has 0 unspecified atom stereocenters. The van der Waals surface area contributed by atoms with Crippen molar-refractivity contribution >= 4 is 17.4 Å². The summed E-state index contributed by atoms with van der Waals surface area (Å²) in [5.74, 6) is -4.24. The lowest BCUT2D eigenvalue weighted by Gasteiger charge is -2.18. The van der Waals surface area contributed by atoms with Crippen molar-refractivity contribution in [3.05, 3.63) is 68.5 Å². The van der Waals surface area contributed by atoms with E-state index in [-0.39, 0.29) is 11.1 Å². The molecule has 2 N–H and O–H groups in total. The highest BCUT2D eigenvalue weighted by atomic mass is 19.4. The highest BCUT2D eigenvalue weighted by Crippen LogP contribution is 2.38. The van der Waals surface area contributed by atoms with Gasteiger partial charge in [0.25, 0.3) is 5.91 Å². The second-order valence-corrected chi connectivity index (χ2v) is 6.96. The number of nitrogens with zero attached hydrogens (tertiary/aromatic N) is 3. The summed E-state index contributed by atoms with van der Waals surface area (Å²) in [6, 6.07) is 6.09. The third-order valence-electron chi connectivity index (χ3n) is 4.57. The van der Waals surface area contributed by atoms with E-state index in [1.54, 1.807) is 0 Å². The number of hydrogen-bond acceptors (Lipinski definition) is 8. The number of aliphatic hydroxyl groups excluding tert-OH is 1. The van der Waals surface area contributed by atoms with Crippen LogP contribution in [0.2, 0.25) is 0 Å². The first-order valence-electron chi connectivity index (χ1n) is 9.41. The van der Waals surface area contributed by atoms with E-state index in [9.17, 15) is 47.9 Å². The Morgan fingerprint density at radius 2 is 1.94 bits per heavy atom. The van der Waals surface area contributed by atoms with Crippen LogP contribution in [0, 0.1) is 27.3 Å². The second-order valence-electron chi connectivity index (χ2n) is 6.96. The van der Waals surface area contributed by atoms with Crippen LogP contribution in [0.1, 0.15) is 16.7 Å². The minimum absolute atomic E-state index is 0.0398. The van der Waals surface area contributed by atoms with Gasteiger partial charge in [0.1, 0.15) is 17.6 Å². The van der Waals surface area contributed by atoms with Gasteiger partial charge in [-0.1, -0.05) is 6.07 Å². The highest BCUT2D eigenvalue weighted by Gasteiger charge is 2.29. The summed E-state index contributed by atoms with van der Waals surface area (Å²) in [6.07, 6.45) is -4.91. The van der Waals surface area contributed by atoms with Crippen molar-refractivity contribution in [2.75, 3.05) is 14.2 Å². The first-order valence-corrected chi connectivity index (χ1v) is 9.41. The molecule has 0 atom stereocenters. The van der Waals surface area contributed by atoms with Crippen LogP contribution in [0.25, 0.3) is 5.76 Å². The maximum Gasteiger partial charge on any atom is 0.522 e. The topological polar surface area (TPSA) is 146 Å². The summed E-state index contributed by atoms with van der Waals surface area (Å²) in [5, 5.41) is 40.9. The number of methoxy groups -OCH3 is 1. The fraction of sp³-hybridized carbons (Fsp3) is 0.238. The molecule has 2 rings (SSSR count). The van der Waals surface area contributed by atoms with Gasteiger partial charge in [-0.05, 0) is 23.8 Å². The van der Waals surface area contributed by atoms with E-state index in [0.29, 0.717) is 6.07 Å². The molecule has 186 valence electrons. The minimum atomic E-state index is -4.91. The van der Waals surface area contributed by atoms with Crippen LogP contribution in [-0.4, -0.2) is 46.5 Å². The van der Waals surface area contributed by atoms with E-state index < -0.39 is 70.2 Å². The SMILES string of the molecule is COc1cc(/C(O)=C(\C#N)C(=O)N(C)Cc2cc(COC(F)(F)F)ccc2F)cc([N+](=O)[O-])c1O. The number of carbonyl (C=O) groups excluding carboxylic acids is 1. The third kappa shape index (κ3) is 6.58. The number of benzene rings is 2. The number of nitriles is 1. The lowest BCUT2D eigenvalue weighted by Crippen LogP contribution is -2.28. The Labute approximate surface area is 195 Å². The smallest absolute Gasteiger partial charge is 0.506 e. The van der Waals surface area contributed by atoms with Crippen LogP contribution in [0.15, 0.2) is 35.9 Å². The molecule has 2 aromatic rings. The molecule has 2 aromatic carbocycles. The number of hydrogen-bond donors (Lipinski definition) is 2. The minimum Gasteiger partial charge on any atom is -0.506 e. The number of nitro groups is 1. The normalized spacial score (nSPS) is 11.9. The van der Waals surface area contributed by atoms with Gasteiger partial charge in [0.15, 0.2) is 11.3 Å². The molecule has 0 aliphatic carbocycles. The van der Waals surface area contributed by atoms with Gasteiger partial charge in [-0.25, -0.2) is 4.39 Å². The predicted octanol–water partition coefficient (Wildman–Crippen LogP) is 3.94. The molecule has 0 aliphatic rings. The van der Waals surface area contributed by atoms with Crippen molar-refractivity contribution in [2.24, 2.45) is 0 Å². The molecular weight excluding hydrogens is 482 g/mol. The van der Waals surface area contributed by atoms with Gasteiger partial charge in [0.2, 0.25) is 5.75 Å². The molecule has 0 saturated heterocycles. The zero-order valence-corrected chi connectivity index (χ0v) is 18.1. The van der Waals surface area contributed by atoms with Gasteiger partial charge >= 0.3 is 12.0 Å². The molecule has 0 heterocycles. The molecule has 0 aliphatic heterocycles. The monoisotopic (exact) mass is 499 g/mol. The largest absolute Gasteiger partial charge is 0.522 e. The van der Waals surface area contributed by atoms with Crippen LogP contribution in [0.4, 0.5) is 23.2 Å². The molecule has 0 bridgehead atoms. The maximum atomic E-state index is 14.2. The molecule has 14 heteroatoms. The van der Waals surface area contributed by atoms with Crippen molar-refractivity contribution in [3.63, 3.8) is 0 Å². The first kappa shape index (κ1) is 26.9. The molecular formula is C21H17F4N3O7. The third-order valence-corrected chi connectivity index (χ3v) is 4.57. The Hall–Kier alpha value is -4.38. The van der Waals surface area contributed by atoms with Crippen LogP contribution in [0.5, 0.6) is 11.5 Å². The van der Waals surface area contributed by atoms with Crippen molar-refractivity contribution in [1.29, 1.82) is 5.26 Å². The number of aromatic hydroxyl groups is 1. The zero-order valence-electron chi connectivity index (χ0n) is 18.1. The van der Waals surface area contributed by atoms with Gasteiger partial charge in [-0.2, -0.15) is 5.26 Å². The van der Waals surface area contributed by atoms with Crippen molar-refractivity contribution in [1.82, 2.24) is 4.90 Å². The zero-order chi connectivity index (χ0) is 26.5. The fourth-order valence-electron chi connectivity index (χ4n) is 2.89. The molecule has 0 radical (unpaired) electrons. The van der Waals surface area contributed by atoms with Gasteiger partial charge < -0.3 is 19.8 Å². The van der Waals surface area contributed by atoms with Crippen molar-refractivity contribution in [3.8, 4) is 17.6 Å². The number of aliphatic hydroxyl groups is 1. The van der Waals surface area contributed by atoms with E-state index in [4.69, 9.17) is 4.74 Å². The molecule has 0 aromatic heterocycles. The number of nitro benzene ring substituents is 1. The molecule has 35 heavy (non-hydrogen) atoms. The van der Waals surface area contributed by atoms with Crippen LogP contribution < -0.4 is 4.74 Å². The van der Waals surface area contributed by atoms with Gasteiger partial charge in [-0.3, -0.25) is 19.6 Å². The number of ether oxygens (including phenoxy) is 2. The molecule has 1 amide bonds. The highest BCUT2D eigenvalue weighted by molar-refractivity contribution is 6.03. The van der Waals surface area contributed by atoms with Crippen LogP contribution in [-0.2, 0) is 22.7 Å². The molecule has 0 saturated carbocycles. The van der Waals surface area contributed by atoms with E-state index in [0.717, 1.165) is 43.3 Å². The Morgan fingerprint density at radius 1 is 1.29 bits per heavy atom. The lowest BCUT2D eigenvalue weighted by atomic mass is 10.1. The average molecular weight is 499 g/mol. The summed E-state index contributed by atoms with van der Waals surface area (Å²) in [6.45, 7) is -1.41. The number of carbonyl (C=O) groups is 1. The van der Waals surface area contributed by atoms with E-state index in [1.807, 2.05) is 0 Å². The van der Waals surface area contributed by atoms with Gasteiger partial charge in [0.05, 0.1) is 18.6 Å². The fourth-order valence-corrected chi connectivity index (χ4v) is 2.89. The van der Waals surface area contributed by atoms with Gasteiger partial charge in [-0.15, -0.1) is 13.2 Å². The standard InChI is InChI=1S/C21H17F4N3O7/c1-27(9-13-5-11(3-4-15(13)22)10-35-21(23,24)25)20(31)14(8-26)18(29)12-6-16(28(32)33)19(30)17(7-12)34-2/h3-7,29-30H,9-10H2,1-2H3/b18-14-. The quantitative estimate of drug-likeness (QED) is 0.139. The van der Waals surface area contributed by atoms with E-state index >= 15 is 0 Å². The number of phenols is 1. The molecule has 0 spiro atoms. The Balaban J connectivity index is 2.38. The Kier molecular flexibility index (Phi) is 8.21. The number of phenolic OH excluding ortho intramolecular Hbond substituents is 1. The molecule has 10 nitrogen and oxygen atoms in total. The van der Waals surface area contributed by atoms with Crippen molar-refractivity contribution in [2.45, 2.75) is 19.5 Å². The Bertz CT molecular complexity index is 1220. The number of amides is 1. The van der Waals surface area contributed by atoms with E-state index in [2.05, 4.69) is 4.74 Å². The Morgan fingerprint density at radius 3 is 2.49 bits per heavy atom. The van der Waals surface area contributed by atoms with E-state index in [1.165, 1.54) is 6.07 Å². The lowest BCUT2D eigenvalue weighted by molar-refractivity contribution is -0.386. The second kappa shape index (κ2) is 10.7. The number of halogens is 4. The number of rotatable bonds is 8. The maximum absolute atomic E-state index is 14.2. The number of alkyl halides is 3. The van der Waals surface area contributed by atoms with Crippen molar-refractivity contribution < 1.29 is 47.0 Å².